The van der Waals surface area contributed by atoms with Gasteiger partial charge in [-0.3, -0.25) is 4.90 Å². The molecular formula is C23H31NO2. The number of hydrogen-bond acceptors (Lipinski definition) is 3. The largest absolute Gasteiger partial charge is 0.491 e. The maximum Gasteiger partial charge on any atom is 0.119 e. The Morgan fingerprint density at radius 1 is 0.962 bits per heavy atom. The van der Waals surface area contributed by atoms with E-state index in [0.717, 1.165) is 12.3 Å². The summed E-state index contributed by atoms with van der Waals surface area (Å²) in [4.78, 5) is 2.42. The first-order valence-corrected chi connectivity index (χ1v) is 9.96. The van der Waals surface area contributed by atoms with Crippen LogP contribution in [0.15, 0.2) is 54.6 Å². The Kier molecular flexibility index (Phi) is 7.10. The van der Waals surface area contributed by atoms with Gasteiger partial charge in [0.05, 0.1) is 0 Å². The lowest BCUT2D eigenvalue weighted by molar-refractivity contribution is 0.0463. The second-order valence-electron chi connectivity index (χ2n) is 7.23. The number of rotatable bonds is 8. The van der Waals surface area contributed by atoms with Gasteiger partial charge in [0.15, 0.2) is 0 Å². The zero-order valence-electron chi connectivity index (χ0n) is 15.8. The first kappa shape index (κ1) is 18.9. The Bertz CT molecular complexity index is 635. The van der Waals surface area contributed by atoms with Gasteiger partial charge in [0.2, 0.25) is 0 Å². The Balaban J connectivity index is 1.48. The van der Waals surface area contributed by atoms with Crippen LogP contribution in [0.2, 0.25) is 0 Å². The molecule has 1 N–H and O–H groups in total. The van der Waals surface area contributed by atoms with Crippen LogP contribution in [-0.2, 0) is 0 Å². The number of aliphatic hydroxyl groups is 1. The first-order valence-electron chi connectivity index (χ1n) is 9.96. The van der Waals surface area contributed by atoms with Gasteiger partial charge in [0.25, 0.3) is 0 Å². The van der Waals surface area contributed by atoms with E-state index in [1.807, 2.05) is 30.3 Å². The predicted octanol–water partition coefficient (Wildman–Crippen LogP) is 4.75. The summed E-state index contributed by atoms with van der Waals surface area (Å²) in [6.07, 6.45) is 6.08. The Labute approximate surface area is 157 Å². The van der Waals surface area contributed by atoms with Gasteiger partial charge in [0.1, 0.15) is 18.5 Å². The molecule has 3 rings (SSSR count). The summed E-state index contributed by atoms with van der Waals surface area (Å²) in [6, 6.07) is 19.0. The van der Waals surface area contributed by atoms with E-state index in [0.29, 0.717) is 19.2 Å². The highest BCUT2D eigenvalue weighted by molar-refractivity contribution is 5.63. The van der Waals surface area contributed by atoms with Crippen molar-refractivity contribution in [2.75, 3.05) is 19.7 Å². The van der Waals surface area contributed by atoms with Crippen LogP contribution >= 0.6 is 0 Å². The minimum absolute atomic E-state index is 0.341. The predicted molar refractivity (Wildman–Crippen MR) is 107 cm³/mol. The van der Waals surface area contributed by atoms with Crippen molar-refractivity contribution in [3.05, 3.63) is 54.6 Å². The van der Waals surface area contributed by atoms with Gasteiger partial charge in [-0.1, -0.05) is 68.7 Å². The lowest BCUT2D eigenvalue weighted by Crippen LogP contribution is -2.43. The maximum atomic E-state index is 10.4. The molecule has 0 radical (unpaired) electrons. The van der Waals surface area contributed by atoms with Crippen LogP contribution in [0.3, 0.4) is 0 Å². The summed E-state index contributed by atoms with van der Waals surface area (Å²) >= 11 is 0. The minimum Gasteiger partial charge on any atom is -0.491 e. The second kappa shape index (κ2) is 9.75. The SMILES string of the molecule is CCN(CC(O)COc1ccc(-c2ccccc2)cc1)C1CCCCC1. The highest BCUT2D eigenvalue weighted by Crippen LogP contribution is 2.24. The Morgan fingerprint density at radius 2 is 1.62 bits per heavy atom. The van der Waals surface area contributed by atoms with Crippen molar-refractivity contribution in [1.82, 2.24) is 4.90 Å². The first-order chi connectivity index (χ1) is 12.8. The van der Waals surface area contributed by atoms with Crippen LogP contribution in [0.1, 0.15) is 39.0 Å². The van der Waals surface area contributed by atoms with Gasteiger partial charge in [0, 0.05) is 12.6 Å². The normalized spacial score (nSPS) is 16.6. The molecule has 3 nitrogen and oxygen atoms in total. The van der Waals surface area contributed by atoms with Gasteiger partial charge < -0.3 is 9.84 Å². The molecule has 1 fully saturated rings. The highest BCUT2D eigenvalue weighted by atomic mass is 16.5. The van der Waals surface area contributed by atoms with Gasteiger partial charge in [-0.25, -0.2) is 0 Å². The summed E-state index contributed by atoms with van der Waals surface area (Å²) in [6.45, 7) is 4.22. The van der Waals surface area contributed by atoms with E-state index in [-0.39, 0.29) is 0 Å². The second-order valence-corrected chi connectivity index (χ2v) is 7.23. The molecule has 1 aliphatic rings. The molecule has 1 saturated carbocycles. The van der Waals surface area contributed by atoms with E-state index < -0.39 is 6.10 Å². The molecule has 3 heteroatoms. The minimum atomic E-state index is -0.453. The number of nitrogens with zero attached hydrogens (tertiary/aromatic N) is 1. The Morgan fingerprint density at radius 3 is 2.27 bits per heavy atom. The van der Waals surface area contributed by atoms with E-state index in [9.17, 15) is 5.11 Å². The summed E-state index contributed by atoms with van der Waals surface area (Å²) in [5.74, 6) is 0.810. The number of benzene rings is 2. The zero-order chi connectivity index (χ0) is 18.2. The van der Waals surface area contributed by atoms with Crippen molar-refractivity contribution in [1.29, 1.82) is 0 Å². The van der Waals surface area contributed by atoms with Crippen molar-refractivity contribution in [3.8, 4) is 16.9 Å². The summed E-state index contributed by atoms with van der Waals surface area (Å²) in [5.41, 5.74) is 2.37. The smallest absolute Gasteiger partial charge is 0.119 e. The van der Waals surface area contributed by atoms with Crippen LogP contribution in [0, 0.1) is 0 Å². The van der Waals surface area contributed by atoms with Gasteiger partial charge in [-0.2, -0.15) is 0 Å². The average molecular weight is 354 g/mol. The van der Waals surface area contributed by atoms with E-state index in [2.05, 4.69) is 36.1 Å². The van der Waals surface area contributed by atoms with Crippen molar-refractivity contribution in [2.24, 2.45) is 0 Å². The quantitative estimate of drug-likeness (QED) is 0.743. The van der Waals surface area contributed by atoms with Crippen molar-refractivity contribution in [3.63, 3.8) is 0 Å². The van der Waals surface area contributed by atoms with E-state index in [1.165, 1.54) is 43.2 Å². The molecule has 140 valence electrons. The fourth-order valence-electron chi connectivity index (χ4n) is 3.87. The molecule has 0 spiro atoms. The summed E-state index contributed by atoms with van der Waals surface area (Å²) in [5, 5.41) is 10.4. The van der Waals surface area contributed by atoms with Gasteiger partial charge >= 0.3 is 0 Å². The van der Waals surface area contributed by atoms with E-state index in [4.69, 9.17) is 4.74 Å². The highest BCUT2D eigenvalue weighted by Gasteiger charge is 2.22. The molecule has 26 heavy (non-hydrogen) atoms. The molecule has 1 aliphatic carbocycles. The molecule has 1 atom stereocenters. The molecule has 0 bridgehead atoms. The van der Waals surface area contributed by atoms with Crippen LogP contribution in [0.5, 0.6) is 5.75 Å². The number of aliphatic hydroxyl groups excluding tert-OH is 1. The standard InChI is InChI=1S/C23H31NO2/c1-2-24(21-11-7-4-8-12-21)17-22(25)18-26-23-15-13-20(14-16-23)19-9-5-3-6-10-19/h3,5-6,9-10,13-16,21-22,25H,2,4,7-8,11-12,17-18H2,1H3. The third kappa shape index (κ3) is 5.33. The Hall–Kier alpha value is -1.84. The molecule has 0 aromatic heterocycles. The maximum absolute atomic E-state index is 10.4. The van der Waals surface area contributed by atoms with E-state index >= 15 is 0 Å². The summed E-state index contributed by atoms with van der Waals surface area (Å²) < 4.78 is 5.81. The lowest BCUT2D eigenvalue weighted by Gasteiger charge is -2.34. The third-order valence-electron chi connectivity index (χ3n) is 5.35. The molecule has 2 aromatic rings. The van der Waals surface area contributed by atoms with Crippen LogP contribution in [0.25, 0.3) is 11.1 Å². The average Bonchev–Trinajstić information content (AvgIpc) is 2.72. The van der Waals surface area contributed by atoms with Gasteiger partial charge in [-0.15, -0.1) is 0 Å². The van der Waals surface area contributed by atoms with Crippen molar-refractivity contribution >= 4 is 0 Å². The molecule has 2 aromatic carbocycles. The zero-order valence-corrected chi connectivity index (χ0v) is 15.8. The topological polar surface area (TPSA) is 32.7 Å². The lowest BCUT2D eigenvalue weighted by atomic mass is 9.94. The monoisotopic (exact) mass is 353 g/mol. The van der Waals surface area contributed by atoms with Gasteiger partial charge in [-0.05, 0) is 42.6 Å². The number of hydrogen-bond donors (Lipinski definition) is 1. The molecule has 0 saturated heterocycles. The number of ether oxygens (including phenoxy) is 1. The molecular weight excluding hydrogens is 322 g/mol. The van der Waals surface area contributed by atoms with Crippen LogP contribution in [0.4, 0.5) is 0 Å². The fourth-order valence-corrected chi connectivity index (χ4v) is 3.87. The molecule has 0 aliphatic heterocycles. The van der Waals surface area contributed by atoms with Crippen molar-refractivity contribution < 1.29 is 9.84 Å². The fraction of sp³-hybridized carbons (Fsp3) is 0.478. The van der Waals surface area contributed by atoms with E-state index in [1.54, 1.807) is 0 Å². The molecule has 1 unspecified atom stereocenters. The van der Waals surface area contributed by atoms with Crippen molar-refractivity contribution in [2.45, 2.75) is 51.2 Å². The summed E-state index contributed by atoms with van der Waals surface area (Å²) in [7, 11) is 0. The third-order valence-corrected chi connectivity index (χ3v) is 5.35. The molecule has 0 heterocycles. The van der Waals surface area contributed by atoms with Crippen LogP contribution in [-0.4, -0.2) is 41.8 Å². The molecule has 0 amide bonds. The van der Waals surface area contributed by atoms with Crippen LogP contribution < -0.4 is 4.74 Å². The number of likely N-dealkylation sites (N-methyl/N-ethyl adjacent to an activating group) is 1.